The largest absolute Gasteiger partial charge is 0.466 e. The maximum Gasteiger partial charge on any atom is 0.316 e. The van der Waals surface area contributed by atoms with Crippen LogP contribution in [0.4, 0.5) is 0 Å². The molecule has 0 aromatic heterocycles. The minimum atomic E-state index is -0.822. The third-order valence-corrected chi connectivity index (χ3v) is 6.49. The van der Waals surface area contributed by atoms with Crippen molar-refractivity contribution in [3.8, 4) is 0 Å². The number of rotatable bonds is 21. The van der Waals surface area contributed by atoms with Crippen LogP contribution in [0.5, 0.6) is 0 Å². The highest BCUT2D eigenvalue weighted by Crippen LogP contribution is 2.18. The molecule has 5 nitrogen and oxygen atoms in total. The predicted octanol–water partition coefficient (Wildman–Crippen LogP) is 7.07. The first kappa shape index (κ1) is 31.2. The topological polar surface area (TPSA) is 55.8 Å². The summed E-state index contributed by atoms with van der Waals surface area (Å²) in [4.78, 5) is 25.5. The third-order valence-electron chi connectivity index (χ3n) is 5.43. The number of unbranched alkanes of at least 4 members (excludes halogenated alkanes) is 11. The first-order chi connectivity index (χ1) is 15.5. The minimum absolute atomic E-state index is 0.0893. The van der Waals surface area contributed by atoms with E-state index in [0.29, 0.717) is 24.7 Å². The molecule has 0 heterocycles. The van der Waals surface area contributed by atoms with Gasteiger partial charge in [-0.3, -0.25) is 9.59 Å². The smallest absolute Gasteiger partial charge is 0.316 e. The molecule has 1 unspecified atom stereocenters. The van der Waals surface area contributed by atoms with Gasteiger partial charge in [-0.15, -0.1) is 0 Å². The first-order valence-electron chi connectivity index (χ1n) is 12.8. The Morgan fingerprint density at radius 1 is 0.750 bits per heavy atom. The molecule has 0 aliphatic carbocycles. The van der Waals surface area contributed by atoms with Crippen LogP contribution in [0.2, 0.25) is 0 Å². The molecule has 0 rings (SSSR count). The number of hydrogen-bond acceptors (Lipinski definition) is 6. The number of nitrogens with zero attached hydrogens (tertiary/aromatic N) is 1. The van der Waals surface area contributed by atoms with Gasteiger partial charge >= 0.3 is 11.9 Å². The van der Waals surface area contributed by atoms with Crippen molar-refractivity contribution >= 4 is 42.0 Å². The molecule has 7 heteroatoms. The summed E-state index contributed by atoms with van der Waals surface area (Å²) in [5.74, 6) is -1.67. The second-order valence-electron chi connectivity index (χ2n) is 8.50. The van der Waals surface area contributed by atoms with Crippen LogP contribution in [0, 0.1) is 5.92 Å². The second-order valence-corrected chi connectivity index (χ2v) is 9.40. The quantitative estimate of drug-likeness (QED) is 0.0805. The lowest BCUT2D eigenvalue weighted by atomic mass is 10.1. The lowest BCUT2D eigenvalue weighted by Gasteiger charge is -2.24. The Morgan fingerprint density at radius 2 is 1.22 bits per heavy atom. The molecule has 0 amide bonds. The van der Waals surface area contributed by atoms with Crippen molar-refractivity contribution in [3.63, 3.8) is 0 Å². The SMILES string of the molecule is CCCCCCCCN(S)C(=S)C(CC(=O)OCCCCCC)C(=O)OCCCCCC. The molecule has 0 aromatic carbocycles. The van der Waals surface area contributed by atoms with Gasteiger partial charge < -0.3 is 13.8 Å². The molecule has 32 heavy (non-hydrogen) atoms. The molecule has 0 spiro atoms. The Hall–Kier alpha value is -0.820. The van der Waals surface area contributed by atoms with Crippen LogP contribution in [0.25, 0.3) is 0 Å². The fraction of sp³-hybridized carbons (Fsp3) is 0.880. The summed E-state index contributed by atoms with van der Waals surface area (Å²) in [6.45, 7) is 7.87. The summed E-state index contributed by atoms with van der Waals surface area (Å²) in [6.07, 6.45) is 15.1. The van der Waals surface area contributed by atoms with Gasteiger partial charge in [-0.2, -0.15) is 0 Å². The van der Waals surface area contributed by atoms with Crippen LogP contribution in [0.3, 0.4) is 0 Å². The van der Waals surface area contributed by atoms with E-state index in [4.69, 9.17) is 21.7 Å². The van der Waals surface area contributed by atoms with E-state index in [9.17, 15) is 9.59 Å². The van der Waals surface area contributed by atoms with Crippen molar-refractivity contribution < 1.29 is 19.1 Å². The lowest BCUT2D eigenvalue weighted by molar-refractivity contribution is -0.153. The van der Waals surface area contributed by atoms with Gasteiger partial charge in [-0.25, -0.2) is 0 Å². The van der Waals surface area contributed by atoms with E-state index >= 15 is 0 Å². The van der Waals surface area contributed by atoms with Crippen LogP contribution >= 0.6 is 25.0 Å². The molecular formula is C25H47NO4S2. The Labute approximate surface area is 207 Å². The van der Waals surface area contributed by atoms with E-state index in [2.05, 4.69) is 33.6 Å². The number of thiocarbonyl (C=S) groups is 1. The zero-order valence-corrected chi connectivity index (χ0v) is 22.5. The highest BCUT2D eigenvalue weighted by molar-refractivity contribution is 7.84. The standard InChI is InChI=1S/C25H47NO4S2/c1-4-7-10-13-14-15-18-26(32)24(31)22(25(28)30-20-17-12-9-6-3)21-23(27)29-19-16-11-8-5-2/h22,32H,4-21H2,1-3H3. The second kappa shape index (κ2) is 22.0. The fourth-order valence-corrected chi connectivity index (χ4v) is 3.90. The van der Waals surface area contributed by atoms with Gasteiger partial charge in [-0.1, -0.05) is 116 Å². The molecule has 0 aliphatic heterocycles. The maximum absolute atomic E-state index is 12.7. The van der Waals surface area contributed by atoms with Crippen molar-refractivity contribution in [1.82, 2.24) is 4.31 Å². The van der Waals surface area contributed by atoms with Gasteiger partial charge in [-0.05, 0) is 19.3 Å². The van der Waals surface area contributed by atoms with Gasteiger partial charge in [0, 0.05) is 6.54 Å². The van der Waals surface area contributed by atoms with Crippen molar-refractivity contribution in [2.24, 2.45) is 5.92 Å². The number of carbonyl (C=O) groups is 2. The molecule has 0 aliphatic rings. The summed E-state index contributed by atoms with van der Waals surface area (Å²) in [5.41, 5.74) is 0. The average Bonchev–Trinajstić information content (AvgIpc) is 2.78. The highest BCUT2D eigenvalue weighted by atomic mass is 32.1. The van der Waals surface area contributed by atoms with Crippen LogP contribution in [-0.4, -0.2) is 41.0 Å². The van der Waals surface area contributed by atoms with Crippen LogP contribution in [0.1, 0.15) is 117 Å². The van der Waals surface area contributed by atoms with E-state index in [1.165, 1.54) is 25.7 Å². The zero-order valence-electron chi connectivity index (χ0n) is 20.7. The number of carbonyl (C=O) groups excluding carboxylic acids is 2. The molecule has 1 atom stereocenters. The summed E-state index contributed by atoms with van der Waals surface area (Å²) < 4.78 is 12.4. The monoisotopic (exact) mass is 489 g/mol. The predicted molar refractivity (Wildman–Crippen MR) is 140 cm³/mol. The summed E-state index contributed by atoms with van der Waals surface area (Å²) >= 11 is 10.0. The van der Waals surface area contributed by atoms with Crippen molar-refractivity contribution in [2.75, 3.05) is 19.8 Å². The number of ether oxygens (including phenoxy) is 2. The molecule has 0 radical (unpaired) electrons. The number of hydrogen-bond donors (Lipinski definition) is 1. The van der Waals surface area contributed by atoms with Crippen molar-refractivity contribution in [3.05, 3.63) is 0 Å². The molecule has 0 aromatic rings. The third kappa shape index (κ3) is 16.8. The van der Waals surface area contributed by atoms with Gasteiger partial charge in [0.2, 0.25) is 0 Å². The van der Waals surface area contributed by atoms with Crippen LogP contribution < -0.4 is 0 Å². The van der Waals surface area contributed by atoms with Crippen molar-refractivity contribution in [2.45, 2.75) is 117 Å². The van der Waals surface area contributed by atoms with Gasteiger partial charge in [0.05, 0.1) is 19.6 Å². The van der Waals surface area contributed by atoms with Gasteiger partial charge in [0.25, 0.3) is 0 Å². The minimum Gasteiger partial charge on any atom is -0.466 e. The van der Waals surface area contributed by atoms with E-state index < -0.39 is 17.9 Å². The first-order valence-corrected chi connectivity index (χ1v) is 13.6. The molecule has 0 fully saturated rings. The lowest BCUT2D eigenvalue weighted by Crippen LogP contribution is -2.36. The molecule has 0 N–H and O–H groups in total. The Kier molecular flexibility index (Phi) is 21.4. The maximum atomic E-state index is 12.7. The summed E-state index contributed by atoms with van der Waals surface area (Å²) in [7, 11) is 0. The Bertz CT molecular complexity index is 502. The highest BCUT2D eigenvalue weighted by Gasteiger charge is 2.31. The normalized spacial score (nSPS) is 11.8. The molecule has 0 saturated carbocycles. The summed E-state index contributed by atoms with van der Waals surface area (Å²) in [6, 6.07) is 0. The Morgan fingerprint density at radius 3 is 1.78 bits per heavy atom. The molecular weight excluding hydrogens is 442 g/mol. The van der Waals surface area contributed by atoms with Crippen LogP contribution in [-0.2, 0) is 19.1 Å². The average molecular weight is 490 g/mol. The summed E-state index contributed by atoms with van der Waals surface area (Å²) in [5, 5.41) is 0. The van der Waals surface area contributed by atoms with E-state index in [-0.39, 0.29) is 6.42 Å². The molecule has 0 saturated heterocycles. The molecule has 188 valence electrons. The van der Waals surface area contributed by atoms with E-state index in [0.717, 1.165) is 64.2 Å². The van der Waals surface area contributed by atoms with Gasteiger partial charge in [0.1, 0.15) is 10.9 Å². The fourth-order valence-electron chi connectivity index (χ4n) is 3.35. The zero-order chi connectivity index (χ0) is 24.0. The van der Waals surface area contributed by atoms with E-state index in [1.54, 1.807) is 4.31 Å². The molecule has 0 bridgehead atoms. The number of thiol groups is 1. The number of esters is 2. The van der Waals surface area contributed by atoms with Crippen molar-refractivity contribution in [1.29, 1.82) is 0 Å². The van der Waals surface area contributed by atoms with Crippen LogP contribution in [0.15, 0.2) is 0 Å². The van der Waals surface area contributed by atoms with Gasteiger partial charge in [0.15, 0.2) is 0 Å². The Balaban J connectivity index is 4.67. The van der Waals surface area contributed by atoms with E-state index in [1.807, 2.05) is 0 Å².